The van der Waals surface area contributed by atoms with Gasteiger partial charge in [0.25, 0.3) is 0 Å². The predicted molar refractivity (Wildman–Crippen MR) is 59.1 cm³/mol. The fourth-order valence-corrected chi connectivity index (χ4v) is 2.29. The maximum atomic E-state index is 13.9. The van der Waals surface area contributed by atoms with Gasteiger partial charge in [-0.2, -0.15) is 26.3 Å². The summed E-state index contributed by atoms with van der Waals surface area (Å²) in [7, 11) is 0. The molecule has 2 heterocycles. The number of hydrogen-bond acceptors (Lipinski definition) is 2. The first-order chi connectivity index (χ1) is 9.71. The molecule has 0 unspecified atom stereocenters. The van der Waals surface area contributed by atoms with E-state index in [1.807, 2.05) is 0 Å². The zero-order chi connectivity index (χ0) is 15.5. The second kappa shape index (κ2) is 3.96. The van der Waals surface area contributed by atoms with Crippen molar-refractivity contribution in [2.45, 2.75) is 17.8 Å². The van der Waals surface area contributed by atoms with E-state index in [0.29, 0.717) is 12.5 Å². The second-order valence-electron chi connectivity index (χ2n) is 4.50. The largest absolute Gasteiger partial charge is 0.472 e. The Morgan fingerprint density at radius 2 is 1.05 bits per heavy atom. The molecule has 0 atom stereocenters. The van der Waals surface area contributed by atoms with E-state index in [0.717, 1.165) is 24.7 Å². The van der Waals surface area contributed by atoms with Gasteiger partial charge in [0.15, 0.2) is 0 Å². The molecule has 8 heteroatoms. The van der Waals surface area contributed by atoms with E-state index in [-0.39, 0.29) is 0 Å². The summed E-state index contributed by atoms with van der Waals surface area (Å²) in [5.41, 5.74) is -4.00. The van der Waals surface area contributed by atoms with Crippen molar-refractivity contribution in [3.8, 4) is 0 Å². The van der Waals surface area contributed by atoms with Crippen LogP contribution in [0.1, 0.15) is 11.1 Å². The molecule has 0 spiro atoms. The molecule has 2 aromatic heterocycles. The van der Waals surface area contributed by atoms with Gasteiger partial charge in [0.1, 0.15) is 0 Å². The highest BCUT2D eigenvalue weighted by Crippen LogP contribution is 2.64. The highest BCUT2D eigenvalue weighted by atomic mass is 19.3. The molecule has 0 saturated carbocycles. The van der Waals surface area contributed by atoms with Crippen molar-refractivity contribution in [2.75, 3.05) is 0 Å². The number of allylic oxidation sites excluding steroid dienone is 2. The molecule has 1 aliphatic carbocycles. The van der Waals surface area contributed by atoms with Crippen LogP contribution in [0.3, 0.4) is 0 Å². The summed E-state index contributed by atoms with van der Waals surface area (Å²) in [5.74, 6) is -15.7. The van der Waals surface area contributed by atoms with Crippen LogP contribution in [-0.4, -0.2) is 17.8 Å². The quantitative estimate of drug-likeness (QED) is 0.751. The number of alkyl halides is 6. The molecule has 3 rings (SSSR count). The van der Waals surface area contributed by atoms with Gasteiger partial charge in [0, 0.05) is 22.3 Å². The Kier molecular flexibility index (Phi) is 2.61. The van der Waals surface area contributed by atoms with Crippen molar-refractivity contribution in [1.29, 1.82) is 0 Å². The smallest absolute Gasteiger partial charge is 0.380 e. The Morgan fingerprint density at radius 1 is 0.667 bits per heavy atom. The second-order valence-corrected chi connectivity index (χ2v) is 4.50. The topological polar surface area (TPSA) is 26.3 Å². The van der Waals surface area contributed by atoms with Crippen LogP contribution in [0.5, 0.6) is 0 Å². The van der Waals surface area contributed by atoms with Crippen LogP contribution in [0.25, 0.3) is 11.1 Å². The standard InChI is InChI=1S/C13H6F6O2/c14-11(15)9(7-1-3-20-5-7)10(8-2-4-21-6-8)12(16,17)13(11,18)19/h1-6H. The summed E-state index contributed by atoms with van der Waals surface area (Å²) >= 11 is 0. The van der Waals surface area contributed by atoms with Gasteiger partial charge in [0.05, 0.1) is 25.1 Å². The average Bonchev–Trinajstić information content (AvgIpc) is 3.08. The van der Waals surface area contributed by atoms with Crippen molar-refractivity contribution in [2.24, 2.45) is 0 Å². The SMILES string of the molecule is FC1(F)C(c2ccoc2)=C(c2ccoc2)C(F)(F)C1(F)F. The fourth-order valence-electron chi connectivity index (χ4n) is 2.29. The lowest BCUT2D eigenvalue weighted by molar-refractivity contribution is -0.254. The third-order valence-electron chi connectivity index (χ3n) is 3.29. The van der Waals surface area contributed by atoms with Gasteiger partial charge in [-0.15, -0.1) is 0 Å². The maximum Gasteiger partial charge on any atom is 0.380 e. The number of halogens is 6. The van der Waals surface area contributed by atoms with Crippen molar-refractivity contribution in [3.05, 3.63) is 48.3 Å². The van der Waals surface area contributed by atoms with Crippen LogP contribution in [0.4, 0.5) is 26.3 Å². The molecule has 0 bridgehead atoms. The van der Waals surface area contributed by atoms with E-state index in [2.05, 4.69) is 8.83 Å². The monoisotopic (exact) mass is 308 g/mol. The van der Waals surface area contributed by atoms with Crippen LogP contribution < -0.4 is 0 Å². The zero-order valence-electron chi connectivity index (χ0n) is 10.0. The summed E-state index contributed by atoms with van der Waals surface area (Å²) in [6.45, 7) is 0. The number of furan rings is 2. The molecule has 1 aliphatic rings. The van der Waals surface area contributed by atoms with E-state index in [1.165, 1.54) is 0 Å². The molecule has 0 radical (unpaired) electrons. The molecule has 112 valence electrons. The van der Waals surface area contributed by atoms with Gasteiger partial charge in [-0.05, 0) is 12.1 Å². The van der Waals surface area contributed by atoms with Crippen LogP contribution >= 0.6 is 0 Å². The first-order valence-corrected chi connectivity index (χ1v) is 5.65. The van der Waals surface area contributed by atoms with Gasteiger partial charge >= 0.3 is 17.8 Å². The fraction of sp³-hybridized carbons (Fsp3) is 0.231. The molecule has 0 amide bonds. The highest BCUT2D eigenvalue weighted by molar-refractivity contribution is 6.00. The Bertz CT molecular complexity index is 624. The van der Waals surface area contributed by atoms with Gasteiger partial charge in [-0.1, -0.05) is 0 Å². The molecular weight excluding hydrogens is 302 g/mol. The average molecular weight is 308 g/mol. The van der Waals surface area contributed by atoms with Crippen LogP contribution in [0, 0.1) is 0 Å². The summed E-state index contributed by atoms with van der Waals surface area (Å²) in [5, 5.41) is 0. The van der Waals surface area contributed by atoms with Crippen LogP contribution in [-0.2, 0) is 0 Å². The lowest BCUT2D eigenvalue weighted by Crippen LogP contribution is -2.48. The van der Waals surface area contributed by atoms with Crippen LogP contribution in [0.2, 0.25) is 0 Å². The minimum atomic E-state index is -5.56. The Morgan fingerprint density at radius 3 is 1.33 bits per heavy atom. The summed E-state index contributed by atoms with van der Waals surface area (Å²) in [6, 6.07) is 1.83. The number of hydrogen-bond donors (Lipinski definition) is 0. The van der Waals surface area contributed by atoms with E-state index >= 15 is 0 Å². The summed E-state index contributed by atoms with van der Waals surface area (Å²) in [6.07, 6.45) is 3.28. The molecule has 2 nitrogen and oxygen atoms in total. The molecule has 0 fully saturated rings. The first kappa shape index (κ1) is 13.8. The highest BCUT2D eigenvalue weighted by Gasteiger charge is 2.80. The van der Waals surface area contributed by atoms with Gasteiger partial charge < -0.3 is 8.83 Å². The Balaban J connectivity index is 2.38. The third-order valence-corrected chi connectivity index (χ3v) is 3.29. The van der Waals surface area contributed by atoms with Gasteiger partial charge in [-0.25, -0.2) is 0 Å². The summed E-state index contributed by atoms with van der Waals surface area (Å²) < 4.78 is 92.0. The van der Waals surface area contributed by atoms with Gasteiger partial charge in [0.2, 0.25) is 0 Å². The van der Waals surface area contributed by atoms with Crippen molar-refractivity contribution in [1.82, 2.24) is 0 Å². The molecule has 2 aromatic rings. The van der Waals surface area contributed by atoms with E-state index in [1.54, 1.807) is 0 Å². The van der Waals surface area contributed by atoms with E-state index in [4.69, 9.17) is 0 Å². The minimum Gasteiger partial charge on any atom is -0.472 e. The van der Waals surface area contributed by atoms with E-state index in [9.17, 15) is 26.3 Å². The number of rotatable bonds is 2. The maximum absolute atomic E-state index is 13.9. The summed E-state index contributed by atoms with van der Waals surface area (Å²) in [4.78, 5) is 0. The lowest BCUT2D eigenvalue weighted by atomic mass is 9.98. The van der Waals surface area contributed by atoms with Gasteiger partial charge in [-0.3, -0.25) is 0 Å². The van der Waals surface area contributed by atoms with Crippen LogP contribution in [0.15, 0.2) is 46.0 Å². The zero-order valence-corrected chi connectivity index (χ0v) is 10.0. The molecule has 0 aliphatic heterocycles. The van der Waals surface area contributed by atoms with Crippen molar-refractivity contribution in [3.63, 3.8) is 0 Å². The van der Waals surface area contributed by atoms with E-state index < -0.39 is 40.0 Å². The third kappa shape index (κ3) is 1.55. The minimum absolute atomic E-state index is 0.534. The molecule has 0 N–H and O–H groups in total. The van der Waals surface area contributed by atoms with Crippen molar-refractivity contribution < 1.29 is 35.2 Å². The normalized spacial score (nSPS) is 22.8. The molecular formula is C13H6F6O2. The first-order valence-electron chi connectivity index (χ1n) is 5.65. The molecule has 0 aromatic carbocycles. The Labute approximate surface area is 113 Å². The van der Waals surface area contributed by atoms with Crippen molar-refractivity contribution >= 4 is 11.1 Å². The molecule has 21 heavy (non-hydrogen) atoms. The predicted octanol–water partition coefficient (Wildman–Crippen LogP) is 4.70. The Hall–Kier alpha value is -2.12. The molecule has 0 saturated heterocycles. The lowest BCUT2D eigenvalue weighted by Gasteiger charge is -2.25.